The normalized spacial score (nSPS) is 11.0. The molecular formula is C22H22N4OS. The predicted molar refractivity (Wildman–Crippen MR) is 113 cm³/mol. The van der Waals surface area contributed by atoms with Gasteiger partial charge in [0, 0.05) is 24.0 Å². The van der Waals surface area contributed by atoms with E-state index in [-0.39, 0.29) is 5.91 Å². The van der Waals surface area contributed by atoms with Gasteiger partial charge in [-0.05, 0) is 25.5 Å². The first-order chi connectivity index (χ1) is 13.7. The van der Waals surface area contributed by atoms with Gasteiger partial charge in [-0.3, -0.25) is 4.79 Å². The summed E-state index contributed by atoms with van der Waals surface area (Å²) in [5.41, 5.74) is 5.26. The third-order valence-corrected chi connectivity index (χ3v) is 5.56. The van der Waals surface area contributed by atoms with Crippen molar-refractivity contribution in [3.05, 3.63) is 71.5 Å². The number of thiazole rings is 1. The van der Waals surface area contributed by atoms with Gasteiger partial charge in [0.2, 0.25) is 5.91 Å². The second-order valence-electron chi connectivity index (χ2n) is 6.82. The van der Waals surface area contributed by atoms with E-state index in [0.29, 0.717) is 13.0 Å². The second kappa shape index (κ2) is 8.35. The summed E-state index contributed by atoms with van der Waals surface area (Å²) in [4.78, 5) is 21.2. The zero-order valence-electron chi connectivity index (χ0n) is 15.8. The van der Waals surface area contributed by atoms with Gasteiger partial charge in [-0.1, -0.05) is 42.0 Å². The number of imidazole rings is 1. The van der Waals surface area contributed by atoms with Crippen LogP contribution >= 0.6 is 11.3 Å². The van der Waals surface area contributed by atoms with Crippen LogP contribution in [0.2, 0.25) is 0 Å². The van der Waals surface area contributed by atoms with E-state index < -0.39 is 0 Å². The highest BCUT2D eigenvalue weighted by Crippen LogP contribution is 2.24. The molecule has 0 aliphatic carbocycles. The molecule has 0 fully saturated rings. The standard InChI is InChI=1S/C22H22N4OS/c1-16-7-9-17(10-8-16)22-25-18(14-28-22)13-21(27)23-11-4-12-26-15-24-19-5-2-3-6-20(19)26/h2-3,5-10,14-15H,4,11-13H2,1H3,(H,23,27). The number of hydrogen-bond acceptors (Lipinski definition) is 4. The average molecular weight is 391 g/mol. The molecule has 0 saturated heterocycles. The number of amides is 1. The van der Waals surface area contributed by atoms with Crippen molar-refractivity contribution in [2.45, 2.75) is 26.3 Å². The summed E-state index contributed by atoms with van der Waals surface area (Å²) in [6, 6.07) is 16.4. The van der Waals surface area contributed by atoms with Gasteiger partial charge in [-0.2, -0.15) is 0 Å². The lowest BCUT2D eigenvalue weighted by Crippen LogP contribution is -2.26. The lowest BCUT2D eigenvalue weighted by atomic mass is 10.2. The highest BCUT2D eigenvalue weighted by Gasteiger charge is 2.09. The molecule has 0 spiro atoms. The summed E-state index contributed by atoms with van der Waals surface area (Å²) in [6.45, 7) is 3.53. The largest absolute Gasteiger partial charge is 0.356 e. The zero-order valence-corrected chi connectivity index (χ0v) is 16.6. The minimum Gasteiger partial charge on any atom is -0.356 e. The molecule has 1 N–H and O–H groups in total. The summed E-state index contributed by atoms with van der Waals surface area (Å²) in [7, 11) is 0. The van der Waals surface area contributed by atoms with Crippen LogP contribution in [-0.2, 0) is 17.8 Å². The van der Waals surface area contributed by atoms with Crippen molar-refractivity contribution in [3.8, 4) is 10.6 Å². The van der Waals surface area contributed by atoms with Crippen LogP contribution in [0.5, 0.6) is 0 Å². The number of carbonyl (C=O) groups excluding carboxylic acids is 1. The second-order valence-corrected chi connectivity index (χ2v) is 7.68. The summed E-state index contributed by atoms with van der Waals surface area (Å²) < 4.78 is 2.12. The summed E-state index contributed by atoms with van der Waals surface area (Å²) in [5, 5.41) is 5.91. The molecule has 0 radical (unpaired) electrons. The Hall–Kier alpha value is -2.99. The predicted octanol–water partition coefficient (Wildman–Crippen LogP) is 4.22. The van der Waals surface area contributed by atoms with E-state index in [4.69, 9.17) is 0 Å². The molecule has 4 aromatic rings. The van der Waals surface area contributed by atoms with Crippen LogP contribution in [0, 0.1) is 6.92 Å². The van der Waals surface area contributed by atoms with Crippen LogP contribution < -0.4 is 5.32 Å². The molecule has 0 aliphatic rings. The van der Waals surface area contributed by atoms with Gasteiger partial charge in [0.05, 0.1) is 29.5 Å². The van der Waals surface area contributed by atoms with E-state index in [0.717, 1.165) is 40.3 Å². The number of nitrogens with zero attached hydrogens (tertiary/aromatic N) is 3. The third kappa shape index (κ3) is 4.28. The van der Waals surface area contributed by atoms with E-state index in [1.54, 1.807) is 11.3 Å². The molecular weight excluding hydrogens is 368 g/mol. The van der Waals surface area contributed by atoms with E-state index in [1.165, 1.54) is 5.56 Å². The first-order valence-corrected chi connectivity index (χ1v) is 10.2. The highest BCUT2D eigenvalue weighted by atomic mass is 32.1. The summed E-state index contributed by atoms with van der Waals surface area (Å²) in [6.07, 6.45) is 3.03. The van der Waals surface area contributed by atoms with Gasteiger partial charge >= 0.3 is 0 Å². The number of aromatic nitrogens is 3. The highest BCUT2D eigenvalue weighted by molar-refractivity contribution is 7.13. The molecule has 0 unspecified atom stereocenters. The molecule has 0 atom stereocenters. The van der Waals surface area contributed by atoms with Crippen molar-refractivity contribution < 1.29 is 4.79 Å². The molecule has 2 aromatic carbocycles. The molecule has 4 rings (SSSR count). The summed E-state index contributed by atoms with van der Waals surface area (Å²) >= 11 is 1.58. The average Bonchev–Trinajstić information content (AvgIpc) is 3.33. The number of fused-ring (bicyclic) bond motifs is 1. The lowest BCUT2D eigenvalue weighted by molar-refractivity contribution is -0.120. The number of benzene rings is 2. The van der Waals surface area contributed by atoms with Crippen LogP contribution in [0.15, 0.2) is 60.2 Å². The molecule has 28 heavy (non-hydrogen) atoms. The van der Waals surface area contributed by atoms with Gasteiger partial charge < -0.3 is 9.88 Å². The lowest BCUT2D eigenvalue weighted by Gasteiger charge is -2.06. The van der Waals surface area contributed by atoms with Crippen LogP contribution in [0.25, 0.3) is 21.6 Å². The van der Waals surface area contributed by atoms with E-state index in [9.17, 15) is 4.79 Å². The van der Waals surface area contributed by atoms with Crippen molar-refractivity contribution in [3.63, 3.8) is 0 Å². The van der Waals surface area contributed by atoms with Gasteiger partial charge in [-0.15, -0.1) is 11.3 Å². The maximum atomic E-state index is 12.2. The third-order valence-electron chi connectivity index (χ3n) is 4.62. The molecule has 2 heterocycles. The monoisotopic (exact) mass is 390 g/mol. The van der Waals surface area contributed by atoms with Crippen molar-refractivity contribution >= 4 is 28.3 Å². The topological polar surface area (TPSA) is 59.8 Å². The van der Waals surface area contributed by atoms with E-state index in [2.05, 4.69) is 57.1 Å². The fourth-order valence-corrected chi connectivity index (χ4v) is 3.94. The number of aryl methyl sites for hydroxylation is 2. The molecule has 6 heteroatoms. The van der Waals surface area contributed by atoms with Crippen LogP contribution in [0.1, 0.15) is 17.7 Å². The Bertz CT molecular complexity index is 1080. The smallest absolute Gasteiger partial charge is 0.226 e. The van der Waals surface area contributed by atoms with Crippen molar-refractivity contribution in [1.29, 1.82) is 0 Å². The zero-order chi connectivity index (χ0) is 19.3. The minimum atomic E-state index is 0.0104. The van der Waals surface area contributed by atoms with Crippen molar-refractivity contribution in [2.75, 3.05) is 6.54 Å². The minimum absolute atomic E-state index is 0.0104. The molecule has 142 valence electrons. The van der Waals surface area contributed by atoms with Crippen LogP contribution in [0.4, 0.5) is 0 Å². The van der Waals surface area contributed by atoms with E-state index >= 15 is 0 Å². The van der Waals surface area contributed by atoms with Gasteiger partial charge in [-0.25, -0.2) is 9.97 Å². The quantitative estimate of drug-likeness (QED) is 0.481. The maximum Gasteiger partial charge on any atom is 0.226 e. The van der Waals surface area contributed by atoms with Gasteiger partial charge in [0.25, 0.3) is 0 Å². The number of rotatable bonds is 7. The number of para-hydroxylation sites is 2. The SMILES string of the molecule is Cc1ccc(-c2nc(CC(=O)NCCCn3cnc4ccccc43)cs2)cc1. The Balaban J connectivity index is 1.25. The van der Waals surface area contributed by atoms with Gasteiger partial charge in [0.1, 0.15) is 5.01 Å². The van der Waals surface area contributed by atoms with Gasteiger partial charge in [0.15, 0.2) is 0 Å². The summed E-state index contributed by atoms with van der Waals surface area (Å²) in [5.74, 6) is 0.0104. The Morgan fingerprint density at radius 1 is 1.14 bits per heavy atom. The molecule has 0 saturated carbocycles. The Labute approximate surface area is 168 Å². The number of nitrogens with one attached hydrogen (secondary N) is 1. The fourth-order valence-electron chi connectivity index (χ4n) is 3.11. The van der Waals surface area contributed by atoms with Crippen molar-refractivity contribution in [2.24, 2.45) is 0 Å². The van der Waals surface area contributed by atoms with Crippen LogP contribution in [-0.4, -0.2) is 27.0 Å². The first-order valence-electron chi connectivity index (χ1n) is 9.37. The molecule has 5 nitrogen and oxygen atoms in total. The Morgan fingerprint density at radius 2 is 1.96 bits per heavy atom. The molecule has 0 bridgehead atoms. The molecule has 0 aliphatic heterocycles. The van der Waals surface area contributed by atoms with Crippen LogP contribution in [0.3, 0.4) is 0 Å². The van der Waals surface area contributed by atoms with Crippen molar-refractivity contribution in [1.82, 2.24) is 19.9 Å². The maximum absolute atomic E-state index is 12.2. The Morgan fingerprint density at radius 3 is 2.82 bits per heavy atom. The number of carbonyl (C=O) groups is 1. The fraction of sp³-hybridized carbons (Fsp3) is 0.227. The number of hydrogen-bond donors (Lipinski definition) is 1. The Kier molecular flexibility index (Phi) is 5.48. The molecule has 2 aromatic heterocycles. The van der Waals surface area contributed by atoms with E-state index in [1.807, 2.05) is 29.9 Å². The first kappa shape index (κ1) is 18.4. The molecule has 1 amide bonds.